The van der Waals surface area contributed by atoms with Gasteiger partial charge in [-0.2, -0.15) is 4.57 Å². The van der Waals surface area contributed by atoms with Gasteiger partial charge in [0.2, 0.25) is 21.9 Å². The molecule has 0 saturated heterocycles. The van der Waals surface area contributed by atoms with Crippen molar-refractivity contribution in [2.24, 2.45) is 5.14 Å². The quantitative estimate of drug-likeness (QED) is 0.175. The molecule has 17 heteroatoms. The van der Waals surface area contributed by atoms with Crippen molar-refractivity contribution < 1.29 is 51.5 Å². The summed E-state index contributed by atoms with van der Waals surface area (Å²) < 4.78 is 57.9. The number of hydrogen-bond donors (Lipinski definition) is 3. The maximum absolute atomic E-state index is 12.4. The molecule has 0 aliphatic carbocycles. The number of hydrogen-bond acceptors (Lipinski definition) is 11. The fourth-order valence-corrected chi connectivity index (χ4v) is 4.39. The summed E-state index contributed by atoms with van der Waals surface area (Å²) in [6, 6.07) is 14.1. The first-order valence-corrected chi connectivity index (χ1v) is 13.8. The number of pyridine rings is 1. The topological polar surface area (TPSA) is 240 Å². The first-order chi connectivity index (χ1) is 17.1. The third-order valence-corrected chi connectivity index (χ3v) is 6.71. The highest BCUT2D eigenvalue weighted by molar-refractivity contribution is 7.91. The maximum atomic E-state index is 12.4. The van der Waals surface area contributed by atoms with E-state index in [1.165, 1.54) is 0 Å². The van der Waals surface area contributed by atoms with Crippen LogP contribution >= 0.6 is 11.3 Å². The number of carbonyl (C=O) groups is 2. The molecule has 0 radical (unpaired) electrons. The molecule has 200 valence electrons. The number of aryl methyl sites for hydroxylation is 2. The summed E-state index contributed by atoms with van der Waals surface area (Å²) in [7, 11) is -8.91. The zero-order valence-corrected chi connectivity index (χ0v) is 21.9. The molecule has 0 aliphatic rings. The Morgan fingerprint density at radius 1 is 1.00 bits per heavy atom. The van der Waals surface area contributed by atoms with E-state index in [1.807, 2.05) is 60.9 Å². The second kappa shape index (κ2) is 12.9. The second-order valence-corrected chi connectivity index (χ2v) is 10.9. The van der Waals surface area contributed by atoms with Crippen molar-refractivity contribution >= 4 is 38.3 Å². The third kappa shape index (κ3) is 10.8. The number of amides is 2. The van der Waals surface area contributed by atoms with Crippen LogP contribution in [0.1, 0.15) is 17.8 Å². The van der Waals surface area contributed by atoms with E-state index >= 15 is 0 Å². The number of benzene rings is 1. The summed E-state index contributed by atoms with van der Waals surface area (Å²) in [4.78, 5) is 24.3. The van der Waals surface area contributed by atoms with E-state index in [0.717, 1.165) is 22.5 Å². The molecule has 3 rings (SSSR count). The number of nitrogens with zero attached hydrogens (tertiary/aromatic N) is 3. The molecule has 2 heterocycles. The third-order valence-electron chi connectivity index (χ3n) is 4.56. The van der Waals surface area contributed by atoms with Crippen molar-refractivity contribution in [3.8, 4) is 11.1 Å². The summed E-state index contributed by atoms with van der Waals surface area (Å²) in [6.45, 7) is 4.13. The molecule has 0 fully saturated rings. The number of sulfonamides is 1. The summed E-state index contributed by atoms with van der Waals surface area (Å²) in [5.74, 6) is -0.663. The van der Waals surface area contributed by atoms with E-state index in [4.69, 9.17) is 23.8 Å². The van der Waals surface area contributed by atoms with E-state index in [1.54, 1.807) is 0 Å². The Hall–Kier alpha value is -3.09. The molecule has 0 atom stereocenters. The van der Waals surface area contributed by atoms with Crippen LogP contribution in [0.25, 0.3) is 11.1 Å². The number of rotatable bonds is 8. The lowest BCUT2D eigenvalue weighted by molar-refractivity contribution is -2.00. The molecular formula is C20H23ClN6O8S2. The number of nitrogens with two attached hydrogens (primary N) is 1. The van der Waals surface area contributed by atoms with Gasteiger partial charge in [-0.05, 0) is 11.1 Å². The minimum absolute atomic E-state index is 0.00833. The summed E-state index contributed by atoms with van der Waals surface area (Å²) in [5.41, 5.74) is 4.07. The average Bonchev–Trinajstić information content (AvgIpc) is 3.24. The van der Waals surface area contributed by atoms with E-state index in [-0.39, 0.29) is 34.9 Å². The summed E-state index contributed by atoms with van der Waals surface area (Å²) >= 11 is 0.655. The predicted molar refractivity (Wildman–Crippen MR) is 119 cm³/mol. The smallest absolute Gasteiger partial charge is 0.286 e. The molecule has 0 aliphatic heterocycles. The van der Waals surface area contributed by atoms with Crippen LogP contribution in [-0.4, -0.2) is 37.0 Å². The van der Waals surface area contributed by atoms with E-state index < -0.39 is 26.2 Å². The minimum atomic E-state index is -4.94. The Kier molecular flexibility index (Phi) is 10.5. The van der Waals surface area contributed by atoms with Crippen molar-refractivity contribution in [2.75, 3.05) is 11.9 Å². The number of aromatic nitrogens is 3. The van der Waals surface area contributed by atoms with Crippen molar-refractivity contribution in [1.29, 1.82) is 0 Å². The molecule has 4 N–H and O–H groups in total. The zero-order valence-electron chi connectivity index (χ0n) is 19.5. The lowest BCUT2D eigenvalue weighted by Gasteiger charge is -2.17. The highest BCUT2D eigenvalue weighted by Crippen LogP contribution is 2.20. The molecule has 0 unspecified atom stereocenters. The summed E-state index contributed by atoms with van der Waals surface area (Å²) in [6.07, 6.45) is -0.00833. The van der Waals surface area contributed by atoms with Crippen LogP contribution < -0.4 is 39.0 Å². The van der Waals surface area contributed by atoms with Crippen LogP contribution in [0.4, 0.5) is 5.13 Å². The molecule has 0 saturated carbocycles. The van der Waals surface area contributed by atoms with Crippen LogP contribution in [-0.2, 0) is 26.2 Å². The number of carbonyl (C=O) groups excluding carboxylic acids is 2. The van der Waals surface area contributed by atoms with Crippen LogP contribution in [0, 0.1) is 24.1 Å². The average molecular weight is 575 g/mol. The van der Waals surface area contributed by atoms with Gasteiger partial charge in [0.15, 0.2) is 11.4 Å². The van der Waals surface area contributed by atoms with Gasteiger partial charge < -0.3 is 10.6 Å². The predicted octanol–water partition coefficient (Wildman–Crippen LogP) is -3.85. The highest BCUT2D eigenvalue weighted by atomic mass is 35.7. The lowest BCUT2D eigenvalue weighted by atomic mass is 10.0. The van der Waals surface area contributed by atoms with Crippen molar-refractivity contribution in [3.05, 3.63) is 53.9 Å². The Balaban J connectivity index is 0.000000877. The molecule has 3 aromatic rings. The van der Waals surface area contributed by atoms with Gasteiger partial charge in [-0.15, -0.1) is 20.4 Å². The normalized spacial score (nSPS) is 11.3. The monoisotopic (exact) mass is 574 g/mol. The van der Waals surface area contributed by atoms with Gasteiger partial charge in [0, 0.05) is 38.9 Å². The fourth-order valence-electron chi connectivity index (χ4n) is 3.04. The van der Waals surface area contributed by atoms with Crippen LogP contribution in [0.2, 0.25) is 0 Å². The largest absolute Gasteiger partial charge is 0.350 e. The highest BCUT2D eigenvalue weighted by Gasteiger charge is 2.19. The van der Waals surface area contributed by atoms with Gasteiger partial charge in [0.25, 0.3) is 15.9 Å². The van der Waals surface area contributed by atoms with E-state index in [0.29, 0.717) is 11.3 Å². The van der Waals surface area contributed by atoms with Crippen molar-refractivity contribution in [1.82, 2.24) is 15.5 Å². The van der Waals surface area contributed by atoms with Gasteiger partial charge >= 0.3 is 0 Å². The molecule has 37 heavy (non-hydrogen) atoms. The number of halogens is 1. The Morgan fingerprint density at radius 2 is 1.57 bits per heavy atom. The zero-order chi connectivity index (χ0) is 27.8. The standard InChI is InChI=1S/C20H22N6O4S2.ClHO4/c1-13-10-16(15-6-4-3-5-7-15)11-14(2)26(13)12-18(28)22-9-8-17(27)23-19-24-25-20(31-19)32(21,29)30;2-1(3,4)5/h3-7,10-11H,8-9,12H2,1-2H3,(H3-,21,22,23,24,27,28,29,30);(H,2,3,4,5). The molecule has 2 amide bonds. The van der Waals surface area contributed by atoms with Crippen LogP contribution in [0.5, 0.6) is 0 Å². The van der Waals surface area contributed by atoms with Crippen LogP contribution in [0.3, 0.4) is 0 Å². The minimum Gasteiger partial charge on any atom is -0.350 e. The molecule has 1 aromatic carbocycles. The molecule has 0 spiro atoms. The number of primary sulfonamides is 1. The molecule has 14 nitrogen and oxygen atoms in total. The number of anilines is 1. The van der Waals surface area contributed by atoms with Gasteiger partial charge in [-0.1, -0.05) is 41.7 Å². The van der Waals surface area contributed by atoms with Crippen LogP contribution in [0.15, 0.2) is 46.8 Å². The van der Waals surface area contributed by atoms with Gasteiger partial charge in [-0.3, -0.25) is 9.59 Å². The fraction of sp³-hybridized carbons (Fsp3) is 0.250. The van der Waals surface area contributed by atoms with Crippen molar-refractivity contribution in [2.45, 2.75) is 31.2 Å². The Labute approximate surface area is 218 Å². The molecule has 0 bridgehead atoms. The van der Waals surface area contributed by atoms with Crippen molar-refractivity contribution in [3.63, 3.8) is 0 Å². The number of nitrogens with one attached hydrogen (secondary N) is 2. The Morgan fingerprint density at radius 3 is 2.08 bits per heavy atom. The first-order valence-electron chi connectivity index (χ1n) is 10.2. The van der Waals surface area contributed by atoms with Gasteiger partial charge in [0.1, 0.15) is 0 Å². The summed E-state index contributed by atoms with van der Waals surface area (Å²) in [5, 5.41) is 17.1. The molecule has 2 aromatic heterocycles. The van der Waals surface area contributed by atoms with E-state index in [9.17, 15) is 18.0 Å². The SMILES string of the molecule is Cc1cc(-c2ccccc2)cc(C)[n+]1CC(=O)NCCC(=O)Nc1nnc(S(N)(=O)=O)s1.[O-][Cl+3]([O-])([O-])[O-]. The maximum Gasteiger partial charge on any atom is 0.286 e. The first kappa shape index (κ1) is 30.1. The second-order valence-electron chi connectivity index (χ2n) is 7.42. The molecular weight excluding hydrogens is 552 g/mol. The van der Waals surface area contributed by atoms with Gasteiger partial charge in [0.05, 0.1) is 0 Å². The lowest BCUT2D eigenvalue weighted by Crippen LogP contribution is -2.68. The van der Waals surface area contributed by atoms with Gasteiger partial charge in [-0.25, -0.2) is 32.2 Å². The van der Waals surface area contributed by atoms with E-state index in [2.05, 4.69) is 20.8 Å². The Bertz CT molecular complexity index is 1320.